The number of aryl methyl sites for hydroxylation is 1. The van der Waals surface area contributed by atoms with Crippen molar-refractivity contribution in [2.24, 2.45) is 0 Å². The van der Waals surface area contributed by atoms with Crippen LogP contribution in [-0.2, 0) is 14.8 Å². The van der Waals surface area contributed by atoms with E-state index in [0.29, 0.717) is 24.5 Å². The molecule has 0 spiro atoms. The molecule has 0 saturated carbocycles. The van der Waals surface area contributed by atoms with Gasteiger partial charge in [0.15, 0.2) is 6.61 Å². The maximum atomic E-state index is 12.6. The molecular weight excluding hydrogens is 352 g/mol. The molecule has 2 rings (SSSR count). The van der Waals surface area contributed by atoms with Crippen LogP contribution >= 0.6 is 0 Å². The number of ether oxygens (including phenoxy) is 1. The van der Waals surface area contributed by atoms with Crippen molar-refractivity contribution in [2.45, 2.75) is 25.7 Å². The molecule has 0 aromatic heterocycles. The molecule has 0 bridgehead atoms. The van der Waals surface area contributed by atoms with Crippen molar-refractivity contribution in [1.29, 1.82) is 0 Å². The molecule has 2 aromatic rings. The molecule has 26 heavy (non-hydrogen) atoms. The highest BCUT2D eigenvalue weighted by Gasteiger charge is 2.21. The molecule has 6 nitrogen and oxygen atoms in total. The minimum absolute atomic E-state index is 0.151. The molecule has 0 aliphatic rings. The van der Waals surface area contributed by atoms with Crippen LogP contribution in [0.5, 0.6) is 5.75 Å². The number of anilines is 1. The molecule has 0 aliphatic heterocycles. The fourth-order valence-electron chi connectivity index (χ4n) is 2.43. The average molecular weight is 376 g/mol. The molecule has 0 aliphatic carbocycles. The number of hydrogen-bond donors (Lipinski definition) is 1. The maximum Gasteiger partial charge on any atom is 0.262 e. The number of sulfonamides is 1. The molecular formula is C19H24N2O4S. The van der Waals surface area contributed by atoms with Crippen LogP contribution in [0.1, 0.15) is 19.4 Å². The predicted octanol–water partition coefficient (Wildman–Crippen LogP) is 3.04. The van der Waals surface area contributed by atoms with Gasteiger partial charge in [-0.2, -0.15) is 4.31 Å². The Balaban J connectivity index is 2.03. The third kappa shape index (κ3) is 5.06. The van der Waals surface area contributed by atoms with Crippen molar-refractivity contribution in [2.75, 3.05) is 25.0 Å². The topological polar surface area (TPSA) is 75.7 Å². The van der Waals surface area contributed by atoms with Crippen LogP contribution in [-0.4, -0.2) is 38.3 Å². The van der Waals surface area contributed by atoms with E-state index in [0.717, 1.165) is 5.56 Å². The number of benzene rings is 2. The molecule has 0 unspecified atom stereocenters. The summed E-state index contributed by atoms with van der Waals surface area (Å²) in [5.74, 6) is 0.242. The summed E-state index contributed by atoms with van der Waals surface area (Å²) in [5, 5.41) is 2.66. The van der Waals surface area contributed by atoms with Crippen LogP contribution in [0.3, 0.4) is 0 Å². The van der Waals surface area contributed by atoms with Gasteiger partial charge in [-0.15, -0.1) is 0 Å². The Labute approximate surface area is 154 Å². The summed E-state index contributed by atoms with van der Waals surface area (Å²) in [7, 11) is -3.57. The lowest BCUT2D eigenvalue weighted by Gasteiger charge is -2.18. The van der Waals surface area contributed by atoms with Crippen molar-refractivity contribution in [3.63, 3.8) is 0 Å². The van der Waals surface area contributed by atoms with Crippen molar-refractivity contribution < 1.29 is 17.9 Å². The minimum Gasteiger partial charge on any atom is -0.484 e. The lowest BCUT2D eigenvalue weighted by molar-refractivity contribution is -0.118. The monoisotopic (exact) mass is 376 g/mol. The van der Waals surface area contributed by atoms with Gasteiger partial charge < -0.3 is 10.1 Å². The first kappa shape index (κ1) is 19.9. The number of nitrogens with zero attached hydrogens (tertiary/aromatic N) is 1. The Morgan fingerprint density at radius 1 is 1.08 bits per heavy atom. The van der Waals surface area contributed by atoms with Gasteiger partial charge in [-0.3, -0.25) is 4.79 Å². The van der Waals surface area contributed by atoms with Crippen LogP contribution in [0.4, 0.5) is 5.69 Å². The van der Waals surface area contributed by atoms with Crippen molar-refractivity contribution >= 4 is 21.6 Å². The number of amides is 1. The Morgan fingerprint density at radius 2 is 1.73 bits per heavy atom. The van der Waals surface area contributed by atoms with E-state index in [2.05, 4.69) is 5.32 Å². The van der Waals surface area contributed by atoms with Gasteiger partial charge in [0.25, 0.3) is 5.91 Å². The Hall–Kier alpha value is -2.38. The molecule has 1 amide bonds. The first-order valence-electron chi connectivity index (χ1n) is 8.46. The lowest BCUT2D eigenvalue weighted by Crippen LogP contribution is -2.30. The van der Waals surface area contributed by atoms with Gasteiger partial charge in [0.1, 0.15) is 5.75 Å². The molecule has 0 atom stereocenters. The van der Waals surface area contributed by atoms with Crippen molar-refractivity contribution in [3.8, 4) is 5.75 Å². The summed E-state index contributed by atoms with van der Waals surface area (Å²) in [5.41, 5.74) is 1.52. The molecule has 140 valence electrons. The Morgan fingerprint density at radius 3 is 2.35 bits per heavy atom. The number of carbonyl (C=O) groups is 1. The minimum atomic E-state index is -3.57. The quantitative estimate of drug-likeness (QED) is 0.768. The van der Waals surface area contributed by atoms with Gasteiger partial charge >= 0.3 is 0 Å². The van der Waals surface area contributed by atoms with E-state index in [4.69, 9.17) is 4.74 Å². The van der Waals surface area contributed by atoms with Gasteiger partial charge in [0.05, 0.1) is 4.90 Å². The van der Waals surface area contributed by atoms with E-state index in [1.165, 1.54) is 16.4 Å². The molecule has 2 aromatic carbocycles. The highest BCUT2D eigenvalue weighted by molar-refractivity contribution is 7.89. The van der Waals surface area contributed by atoms with Crippen LogP contribution in [0, 0.1) is 6.92 Å². The molecule has 0 heterocycles. The highest BCUT2D eigenvalue weighted by atomic mass is 32.2. The second kappa shape index (κ2) is 8.82. The maximum absolute atomic E-state index is 12.6. The van der Waals surface area contributed by atoms with Gasteiger partial charge in [0.2, 0.25) is 10.0 Å². The number of nitrogens with one attached hydrogen (secondary N) is 1. The second-order valence-corrected chi connectivity index (χ2v) is 7.70. The summed E-state index contributed by atoms with van der Waals surface area (Å²) in [6, 6.07) is 13.6. The number of hydrogen-bond acceptors (Lipinski definition) is 4. The number of rotatable bonds is 8. The van der Waals surface area contributed by atoms with E-state index >= 15 is 0 Å². The average Bonchev–Trinajstić information content (AvgIpc) is 2.62. The summed E-state index contributed by atoms with van der Waals surface area (Å²) in [6.45, 7) is 6.16. The normalized spacial score (nSPS) is 11.4. The largest absolute Gasteiger partial charge is 0.484 e. The van der Waals surface area contributed by atoms with E-state index in [-0.39, 0.29) is 17.4 Å². The predicted molar refractivity (Wildman–Crippen MR) is 102 cm³/mol. The third-order valence-corrected chi connectivity index (χ3v) is 5.90. The Kier molecular flexibility index (Phi) is 6.76. The first-order chi connectivity index (χ1) is 12.4. The highest BCUT2D eigenvalue weighted by Crippen LogP contribution is 2.19. The van der Waals surface area contributed by atoms with E-state index in [1.54, 1.807) is 38.1 Å². The van der Waals surface area contributed by atoms with E-state index in [1.807, 2.05) is 19.1 Å². The number of carbonyl (C=O) groups excluding carboxylic acids is 1. The lowest BCUT2D eigenvalue weighted by atomic mass is 10.2. The fraction of sp³-hybridized carbons (Fsp3) is 0.316. The third-order valence-electron chi connectivity index (χ3n) is 3.85. The molecule has 1 N–H and O–H groups in total. The summed E-state index contributed by atoms with van der Waals surface area (Å²) < 4.78 is 31.9. The zero-order valence-corrected chi connectivity index (χ0v) is 16.0. The van der Waals surface area contributed by atoms with Crippen LogP contribution in [0.2, 0.25) is 0 Å². The van der Waals surface area contributed by atoms with Gasteiger partial charge in [-0.05, 0) is 37.3 Å². The first-order valence-corrected chi connectivity index (χ1v) is 9.90. The fourth-order valence-corrected chi connectivity index (χ4v) is 3.93. The molecule has 0 radical (unpaired) electrons. The standard InChI is InChI=1S/C19H24N2O4S/c1-4-21(5-2)26(23,24)18-8-6-7-16(13-18)20-19(22)14-25-17-11-9-15(3)10-12-17/h6-13H,4-5,14H2,1-3H3,(H,20,22). The second-order valence-electron chi connectivity index (χ2n) is 5.77. The SMILES string of the molecule is CCN(CC)S(=O)(=O)c1cccc(NC(=O)COc2ccc(C)cc2)c1. The van der Waals surface area contributed by atoms with E-state index in [9.17, 15) is 13.2 Å². The van der Waals surface area contributed by atoms with E-state index < -0.39 is 10.0 Å². The van der Waals surface area contributed by atoms with Gasteiger partial charge in [0, 0.05) is 18.8 Å². The Bertz CT molecular complexity index is 844. The van der Waals surface area contributed by atoms with Crippen molar-refractivity contribution in [3.05, 3.63) is 54.1 Å². The smallest absolute Gasteiger partial charge is 0.262 e. The summed E-state index contributed by atoms with van der Waals surface area (Å²) in [6.07, 6.45) is 0. The molecule has 0 saturated heterocycles. The van der Waals surface area contributed by atoms with Gasteiger partial charge in [-0.1, -0.05) is 37.6 Å². The van der Waals surface area contributed by atoms with Crippen molar-refractivity contribution in [1.82, 2.24) is 4.31 Å². The zero-order valence-electron chi connectivity index (χ0n) is 15.2. The summed E-state index contributed by atoms with van der Waals surface area (Å²) in [4.78, 5) is 12.2. The van der Waals surface area contributed by atoms with Crippen LogP contribution in [0.25, 0.3) is 0 Å². The van der Waals surface area contributed by atoms with Crippen LogP contribution < -0.4 is 10.1 Å². The zero-order chi connectivity index (χ0) is 19.2. The molecule has 7 heteroatoms. The molecule has 0 fully saturated rings. The summed E-state index contributed by atoms with van der Waals surface area (Å²) >= 11 is 0. The van der Waals surface area contributed by atoms with Gasteiger partial charge in [-0.25, -0.2) is 8.42 Å². The van der Waals surface area contributed by atoms with Crippen LogP contribution in [0.15, 0.2) is 53.4 Å².